The summed E-state index contributed by atoms with van der Waals surface area (Å²) >= 11 is 0. The summed E-state index contributed by atoms with van der Waals surface area (Å²) in [6, 6.07) is 13.0. The second-order valence-electron chi connectivity index (χ2n) is 5.88. The number of nitrogens with zero attached hydrogens (tertiary/aromatic N) is 1. The van der Waals surface area contributed by atoms with E-state index in [1.165, 1.54) is 5.41 Å². The van der Waals surface area contributed by atoms with Gasteiger partial charge in [-0.25, -0.2) is 13.1 Å². The van der Waals surface area contributed by atoms with Gasteiger partial charge in [0, 0.05) is 12.0 Å². The monoisotopic (exact) mass is 346 g/mol. The first-order valence-electron chi connectivity index (χ1n) is 8.14. The van der Waals surface area contributed by atoms with E-state index in [0.29, 0.717) is 6.54 Å². The molecule has 5 nitrogen and oxygen atoms in total. The molecule has 1 atom stereocenters. The van der Waals surface area contributed by atoms with Gasteiger partial charge in [0.1, 0.15) is 5.76 Å². The molecule has 0 aliphatic carbocycles. The average molecular weight is 346 g/mol. The lowest BCUT2D eigenvalue weighted by Gasteiger charge is -2.25. The van der Waals surface area contributed by atoms with Crippen LogP contribution in [-0.2, 0) is 10.0 Å². The van der Waals surface area contributed by atoms with E-state index >= 15 is 0 Å². The fraction of sp³-hybridized carbons (Fsp3) is 0.333. The lowest BCUT2D eigenvalue weighted by atomic mass is 10.2. The average Bonchev–Trinajstić information content (AvgIpc) is 3.28. The van der Waals surface area contributed by atoms with Gasteiger partial charge < -0.3 is 4.42 Å². The zero-order valence-corrected chi connectivity index (χ0v) is 14.3. The summed E-state index contributed by atoms with van der Waals surface area (Å²) in [4.78, 5) is 2.27. The standard InChI is InChI=1S/C18H22N2O3S/c21-24(22,14-10-16-7-2-1-3-8-16)19-15-17(18-9-6-13-23-18)20-11-4-5-12-20/h1-3,6-10,13-14,17,19H,4-5,11-12,15H2/b14-10+/t17-/m0/s1. The van der Waals surface area contributed by atoms with Crippen molar-refractivity contribution in [3.8, 4) is 0 Å². The van der Waals surface area contributed by atoms with Crippen molar-refractivity contribution in [1.29, 1.82) is 0 Å². The van der Waals surface area contributed by atoms with Gasteiger partial charge in [0.25, 0.3) is 0 Å². The first kappa shape index (κ1) is 17.0. The van der Waals surface area contributed by atoms with Gasteiger partial charge >= 0.3 is 0 Å². The van der Waals surface area contributed by atoms with E-state index < -0.39 is 10.0 Å². The minimum absolute atomic E-state index is 0.0672. The Bertz CT molecular complexity index is 749. The summed E-state index contributed by atoms with van der Waals surface area (Å²) in [5, 5.41) is 1.21. The van der Waals surface area contributed by atoms with E-state index in [0.717, 1.165) is 37.3 Å². The molecule has 2 aromatic rings. The van der Waals surface area contributed by atoms with E-state index in [1.807, 2.05) is 42.5 Å². The predicted molar refractivity (Wildman–Crippen MR) is 94.7 cm³/mol. The van der Waals surface area contributed by atoms with Crippen molar-refractivity contribution < 1.29 is 12.8 Å². The van der Waals surface area contributed by atoms with Gasteiger partial charge in [0.05, 0.1) is 12.3 Å². The SMILES string of the molecule is O=S(=O)(/C=C/c1ccccc1)NC[C@@H](c1ccco1)N1CCCC1. The number of hydrogen-bond donors (Lipinski definition) is 1. The molecule has 1 aromatic heterocycles. The molecular weight excluding hydrogens is 324 g/mol. The zero-order chi connectivity index (χ0) is 16.8. The van der Waals surface area contributed by atoms with Crippen LogP contribution in [-0.4, -0.2) is 33.0 Å². The summed E-state index contributed by atoms with van der Waals surface area (Å²) in [7, 11) is -3.49. The largest absolute Gasteiger partial charge is 0.468 e. The van der Waals surface area contributed by atoms with Crippen molar-refractivity contribution in [2.75, 3.05) is 19.6 Å². The third kappa shape index (κ3) is 4.56. The quantitative estimate of drug-likeness (QED) is 0.837. The van der Waals surface area contributed by atoms with E-state index in [9.17, 15) is 8.42 Å². The van der Waals surface area contributed by atoms with Crippen LogP contribution in [0, 0.1) is 0 Å². The van der Waals surface area contributed by atoms with Gasteiger partial charge in [-0.3, -0.25) is 4.90 Å². The molecule has 1 aromatic carbocycles. The molecule has 1 saturated heterocycles. The van der Waals surface area contributed by atoms with Gasteiger partial charge in [-0.2, -0.15) is 0 Å². The molecule has 128 valence electrons. The third-order valence-corrected chi connectivity index (χ3v) is 5.23. The smallest absolute Gasteiger partial charge is 0.233 e. The zero-order valence-electron chi connectivity index (χ0n) is 13.5. The molecule has 1 aliphatic heterocycles. The molecule has 0 saturated carbocycles. The van der Waals surface area contributed by atoms with E-state index in [-0.39, 0.29) is 6.04 Å². The normalized spacial score (nSPS) is 17.5. The van der Waals surface area contributed by atoms with Crippen molar-refractivity contribution in [3.63, 3.8) is 0 Å². The Balaban J connectivity index is 1.66. The second kappa shape index (κ2) is 7.79. The number of sulfonamides is 1. The van der Waals surface area contributed by atoms with Gasteiger partial charge in [0.2, 0.25) is 10.0 Å². The number of benzene rings is 1. The lowest BCUT2D eigenvalue weighted by Crippen LogP contribution is -2.35. The maximum Gasteiger partial charge on any atom is 0.233 e. The third-order valence-electron chi connectivity index (χ3n) is 4.17. The molecule has 0 unspecified atom stereocenters. The lowest BCUT2D eigenvalue weighted by molar-refractivity contribution is 0.216. The minimum Gasteiger partial charge on any atom is -0.468 e. The fourth-order valence-electron chi connectivity index (χ4n) is 2.92. The van der Waals surface area contributed by atoms with Gasteiger partial charge in [0.15, 0.2) is 0 Å². The molecule has 1 aliphatic rings. The highest BCUT2D eigenvalue weighted by atomic mass is 32.2. The van der Waals surface area contributed by atoms with Crippen molar-refractivity contribution in [2.24, 2.45) is 0 Å². The first-order chi connectivity index (χ1) is 11.6. The van der Waals surface area contributed by atoms with Crippen LogP contribution in [0.15, 0.2) is 58.6 Å². The van der Waals surface area contributed by atoms with Crippen LogP contribution in [0.4, 0.5) is 0 Å². The highest BCUT2D eigenvalue weighted by Gasteiger charge is 2.26. The van der Waals surface area contributed by atoms with Crippen LogP contribution in [0.5, 0.6) is 0 Å². The Morgan fingerprint density at radius 1 is 1.12 bits per heavy atom. The van der Waals surface area contributed by atoms with Crippen LogP contribution in [0.25, 0.3) is 6.08 Å². The Morgan fingerprint density at radius 3 is 2.54 bits per heavy atom. The number of likely N-dealkylation sites (tertiary alicyclic amines) is 1. The molecule has 0 bridgehead atoms. The van der Waals surface area contributed by atoms with Crippen LogP contribution < -0.4 is 4.72 Å². The van der Waals surface area contributed by atoms with Crippen molar-refractivity contribution in [3.05, 3.63) is 65.5 Å². The summed E-state index contributed by atoms with van der Waals surface area (Å²) in [5.74, 6) is 0.798. The minimum atomic E-state index is -3.49. The highest BCUT2D eigenvalue weighted by Crippen LogP contribution is 2.25. The molecule has 6 heteroatoms. The molecule has 24 heavy (non-hydrogen) atoms. The van der Waals surface area contributed by atoms with Crippen LogP contribution in [0.2, 0.25) is 0 Å². The molecule has 0 amide bonds. The van der Waals surface area contributed by atoms with Gasteiger partial charge in [-0.05, 0) is 49.7 Å². The van der Waals surface area contributed by atoms with Crippen LogP contribution in [0.3, 0.4) is 0 Å². The summed E-state index contributed by atoms with van der Waals surface area (Å²) in [6.07, 6.45) is 5.50. The Morgan fingerprint density at radius 2 is 1.88 bits per heavy atom. The Hall–Kier alpha value is -1.89. The van der Waals surface area contributed by atoms with E-state index in [1.54, 1.807) is 12.3 Å². The summed E-state index contributed by atoms with van der Waals surface area (Å²) < 4.78 is 32.7. The van der Waals surface area contributed by atoms with Crippen LogP contribution in [0.1, 0.15) is 30.2 Å². The van der Waals surface area contributed by atoms with Gasteiger partial charge in [-0.1, -0.05) is 30.3 Å². The van der Waals surface area contributed by atoms with Crippen molar-refractivity contribution >= 4 is 16.1 Å². The topological polar surface area (TPSA) is 62.6 Å². The Labute approximate surface area is 143 Å². The first-order valence-corrected chi connectivity index (χ1v) is 9.69. The van der Waals surface area contributed by atoms with Crippen molar-refractivity contribution in [2.45, 2.75) is 18.9 Å². The molecular formula is C18H22N2O3S. The second-order valence-corrected chi connectivity index (χ2v) is 7.53. The molecule has 1 fully saturated rings. The Kier molecular flexibility index (Phi) is 5.50. The summed E-state index contributed by atoms with van der Waals surface area (Å²) in [5.41, 5.74) is 0.852. The maximum absolute atomic E-state index is 12.2. The number of rotatable bonds is 7. The molecule has 1 N–H and O–H groups in total. The fourth-order valence-corrected chi connectivity index (χ4v) is 3.74. The molecule has 3 rings (SSSR count). The maximum atomic E-state index is 12.2. The number of nitrogens with one attached hydrogen (secondary N) is 1. The molecule has 0 radical (unpaired) electrons. The highest BCUT2D eigenvalue weighted by molar-refractivity contribution is 7.92. The number of hydrogen-bond acceptors (Lipinski definition) is 4. The van der Waals surface area contributed by atoms with Crippen molar-refractivity contribution in [1.82, 2.24) is 9.62 Å². The number of furan rings is 1. The van der Waals surface area contributed by atoms with Gasteiger partial charge in [-0.15, -0.1) is 0 Å². The predicted octanol–water partition coefficient (Wildman–Crippen LogP) is 3.01. The molecule has 0 spiro atoms. The van der Waals surface area contributed by atoms with E-state index in [4.69, 9.17) is 4.42 Å². The van der Waals surface area contributed by atoms with Crippen LogP contribution >= 0.6 is 0 Å². The van der Waals surface area contributed by atoms with E-state index in [2.05, 4.69) is 9.62 Å². The summed E-state index contributed by atoms with van der Waals surface area (Å²) in [6.45, 7) is 2.23. The molecule has 2 heterocycles.